The van der Waals surface area contributed by atoms with E-state index in [-0.39, 0.29) is 23.3 Å². The molecule has 0 saturated heterocycles. The smallest absolute Gasteiger partial charge is 0.249 e. The van der Waals surface area contributed by atoms with Crippen molar-refractivity contribution in [3.63, 3.8) is 0 Å². The highest BCUT2D eigenvalue weighted by Crippen LogP contribution is 2.30. The number of hydrogen-bond donors (Lipinski definition) is 3. The topological polar surface area (TPSA) is 152 Å². The molecule has 1 aromatic heterocycles. The molecule has 13 heteroatoms. The molecule has 1 atom stereocenters. The molecule has 0 spiro atoms. The molecule has 11 nitrogen and oxygen atoms in total. The van der Waals surface area contributed by atoms with Gasteiger partial charge in [0.05, 0.1) is 15.9 Å². The van der Waals surface area contributed by atoms with Crippen LogP contribution in [0.4, 0.5) is 5.69 Å². The number of halogens is 1. The molecular weight excluding hydrogens is 638 g/mol. The third kappa shape index (κ3) is 8.19. The van der Waals surface area contributed by atoms with Gasteiger partial charge in [0.1, 0.15) is 18.4 Å². The Hall–Kier alpha value is -4.26. The summed E-state index contributed by atoms with van der Waals surface area (Å²) in [7, 11) is -0.808. The Kier molecular flexibility index (Phi) is 10.6. The lowest BCUT2D eigenvalue weighted by molar-refractivity contribution is -0.120. The summed E-state index contributed by atoms with van der Waals surface area (Å²) >= 11 is 6.10. The van der Waals surface area contributed by atoms with Gasteiger partial charge < -0.3 is 15.6 Å². The fourth-order valence-electron chi connectivity index (χ4n) is 5.86. The summed E-state index contributed by atoms with van der Waals surface area (Å²) in [6.45, 7) is 1.69. The molecule has 4 N–H and O–H groups in total. The number of nitrogens with one attached hydrogen (secondary N) is 2. The Morgan fingerprint density at radius 1 is 1.06 bits per heavy atom. The molecule has 3 aromatic carbocycles. The van der Waals surface area contributed by atoms with Crippen LogP contribution < -0.4 is 16.4 Å². The number of hydrogen-bond acceptors (Lipinski definition) is 6. The van der Waals surface area contributed by atoms with E-state index in [1.165, 1.54) is 26.2 Å². The van der Waals surface area contributed by atoms with Crippen LogP contribution in [0.3, 0.4) is 0 Å². The molecule has 1 aliphatic rings. The van der Waals surface area contributed by atoms with Gasteiger partial charge in [-0.25, -0.2) is 22.7 Å². The van der Waals surface area contributed by atoms with Crippen molar-refractivity contribution in [1.82, 2.24) is 19.2 Å². The van der Waals surface area contributed by atoms with Crippen molar-refractivity contribution >= 4 is 56.1 Å². The van der Waals surface area contributed by atoms with Crippen LogP contribution in [0.1, 0.15) is 44.1 Å². The SMILES string of the molecule is Cc1ccc(S(=O)(=O)N(C)C)cc1NC(=O)[C@@H](CC1CCCCC1)N=C(N)NC(=O)Cn1c(-c2ccc(Cl)cc2)nc2ccccc21. The number of carbonyl (C=O) groups excluding carboxylic acids is 2. The largest absolute Gasteiger partial charge is 0.370 e. The van der Waals surface area contributed by atoms with Gasteiger partial charge in [0.15, 0.2) is 5.96 Å². The van der Waals surface area contributed by atoms with E-state index in [1.807, 2.05) is 36.4 Å². The quantitative estimate of drug-likeness (QED) is 0.153. The van der Waals surface area contributed by atoms with Crippen molar-refractivity contribution in [1.29, 1.82) is 0 Å². The van der Waals surface area contributed by atoms with Crippen LogP contribution in [0.2, 0.25) is 5.02 Å². The maximum absolute atomic E-state index is 13.7. The second kappa shape index (κ2) is 14.7. The van der Waals surface area contributed by atoms with E-state index in [0.29, 0.717) is 28.5 Å². The summed E-state index contributed by atoms with van der Waals surface area (Å²) in [4.78, 5) is 36.4. The zero-order valence-electron chi connectivity index (χ0n) is 26.7. The molecule has 1 aliphatic carbocycles. The minimum absolute atomic E-state index is 0.0625. The summed E-state index contributed by atoms with van der Waals surface area (Å²) in [5.74, 6) is -0.173. The number of fused-ring (bicyclic) bond motifs is 1. The van der Waals surface area contributed by atoms with Gasteiger partial charge in [0, 0.05) is 30.4 Å². The van der Waals surface area contributed by atoms with Crippen LogP contribution in [-0.4, -0.2) is 60.2 Å². The minimum atomic E-state index is -3.71. The Balaban J connectivity index is 1.38. The fourth-order valence-corrected chi connectivity index (χ4v) is 6.92. The number of aliphatic imine (C=N–C) groups is 1. The molecule has 4 aromatic rings. The predicted octanol–water partition coefficient (Wildman–Crippen LogP) is 5.32. The Morgan fingerprint density at radius 3 is 2.47 bits per heavy atom. The zero-order chi connectivity index (χ0) is 33.7. The zero-order valence-corrected chi connectivity index (χ0v) is 28.3. The van der Waals surface area contributed by atoms with Crippen LogP contribution >= 0.6 is 11.6 Å². The Labute approximate surface area is 280 Å². The maximum Gasteiger partial charge on any atom is 0.249 e. The van der Waals surface area contributed by atoms with Crippen molar-refractivity contribution in [3.05, 3.63) is 77.3 Å². The molecule has 0 aliphatic heterocycles. The van der Waals surface area contributed by atoms with E-state index in [0.717, 1.165) is 53.0 Å². The normalized spacial score (nSPS) is 15.1. The lowest BCUT2D eigenvalue weighted by Gasteiger charge is -2.25. The number of guanidine groups is 1. The molecule has 47 heavy (non-hydrogen) atoms. The number of aromatic nitrogens is 2. The van der Waals surface area contributed by atoms with E-state index in [4.69, 9.17) is 22.3 Å². The number of imidazole rings is 1. The van der Waals surface area contributed by atoms with Crippen LogP contribution in [-0.2, 0) is 26.2 Å². The van der Waals surface area contributed by atoms with Crippen molar-refractivity contribution < 1.29 is 18.0 Å². The molecule has 2 amide bonds. The number of anilines is 1. The summed E-state index contributed by atoms with van der Waals surface area (Å²) in [6.07, 6.45) is 5.71. The third-order valence-electron chi connectivity index (χ3n) is 8.45. The molecule has 0 unspecified atom stereocenters. The first kappa shape index (κ1) is 34.1. The first-order valence-electron chi connectivity index (χ1n) is 15.6. The van der Waals surface area contributed by atoms with Crippen molar-refractivity contribution in [2.45, 2.75) is 62.9 Å². The molecule has 1 saturated carbocycles. The lowest BCUT2D eigenvalue weighted by Crippen LogP contribution is -2.41. The number of para-hydroxylation sites is 2. The Morgan fingerprint density at radius 2 is 1.77 bits per heavy atom. The van der Waals surface area contributed by atoms with Crippen LogP contribution in [0.25, 0.3) is 22.4 Å². The number of sulfonamides is 1. The third-order valence-corrected chi connectivity index (χ3v) is 10.5. The molecule has 248 valence electrons. The van der Waals surface area contributed by atoms with E-state index >= 15 is 0 Å². The number of benzene rings is 3. The number of carbonyl (C=O) groups is 2. The summed E-state index contributed by atoms with van der Waals surface area (Å²) in [5.41, 5.74) is 9.63. The first-order valence-corrected chi connectivity index (χ1v) is 17.4. The standard InChI is InChI=1S/C34H40ClN7O4S/c1-22-13-18-26(47(45,46)41(2)3)20-28(22)38-33(44)29(19-23-9-5-4-6-10-23)39-34(36)40-31(43)21-42-30-12-8-7-11-27(30)37-32(42)24-14-16-25(35)17-15-24/h7-8,11-18,20,23,29H,4-6,9-10,19,21H2,1-3H3,(H,38,44)(H3,36,39,40,43)/t29-/m1/s1. The van der Waals surface area contributed by atoms with E-state index < -0.39 is 27.9 Å². The van der Waals surface area contributed by atoms with E-state index in [1.54, 1.807) is 29.7 Å². The average molecular weight is 678 g/mol. The predicted molar refractivity (Wildman–Crippen MR) is 186 cm³/mol. The van der Waals surface area contributed by atoms with Crippen LogP contribution in [0.15, 0.2) is 76.6 Å². The van der Waals surface area contributed by atoms with Gasteiger partial charge in [-0.1, -0.05) is 61.9 Å². The Bertz CT molecular complexity index is 1900. The van der Waals surface area contributed by atoms with Crippen LogP contribution in [0, 0.1) is 12.8 Å². The van der Waals surface area contributed by atoms with E-state index in [9.17, 15) is 18.0 Å². The summed E-state index contributed by atoms with van der Waals surface area (Å²) < 4.78 is 28.4. The van der Waals surface area contributed by atoms with Gasteiger partial charge in [0.2, 0.25) is 21.8 Å². The highest BCUT2D eigenvalue weighted by Gasteiger charge is 2.26. The van der Waals surface area contributed by atoms with E-state index in [2.05, 4.69) is 15.6 Å². The molecule has 0 bridgehead atoms. The lowest BCUT2D eigenvalue weighted by atomic mass is 9.84. The summed E-state index contributed by atoms with van der Waals surface area (Å²) in [6, 6.07) is 18.4. The number of amides is 2. The van der Waals surface area contributed by atoms with Gasteiger partial charge in [-0.2, -0.15) is 0 Å². The molecular formula is C34H40ClN7O4S. The minimum Gasteiger partial charge on any atom is -0.370 e. The van der Waals surface area contributed by atoms with Gasteiger partial charge in [0.25, 0.3) is 0 Å². The maximum atomic E-state index is 13.7. The first-order chi connectivity index (χ1) is 22.4. The highest BCUT2D eigenvalue weighted by molar-refractivity contribution is 7.89. The second-order valence-corrected chi connectivity index (χ2v) is 14.7. The molecule has 5 rings (SSSR count). The number of aryl methyl sites for hydroxylation is 1. The molecule has 1 fully saturated rings. The monoisotopic (exact) mass is 677 g/mol. The van der Waals surface area contributed by atoms with Crippen molar-refractivity contribution in [2.75, 3.05) is 19.4 Å². The number of rotatable bonds is 10. The fraction of sp³-hybridized carbons (Fsp3) is 0.353. The van der Waals surface area contributed by atoms with Gasteiger partial charge in [-0.3, -0.25) is 14.9 Å². The second-order valence-electron chi connectivity index (χ2n) is 12.1. The van der Waals surface area contributed by atoms with Crippen molar-refractivity contribution in [3.8, 4) is 11.4 Å². The molecule has 0 radical (unpaired) electrons. The highest BCUT2D eigenvalue weighted by atomic mass is 35.5. The van der Waals surface area contributed by atoms with Gasteiger partial charge in [-0.05, 0) is 73.4 Å². The molecule has 1 heterocycles. The van der Waals surface area contributed by atoms with Gasteiger partial charge >= 0.3 is 0 Å². The average Bonchev–Trinajstić information content (AvgIpc) is 3.40. The van der Waals surface area contributed by atoms with Gasteiger partial charge in [-0.15, -0.1) is 0 Å². The number of nitrogens with zero attached hydrogens (tertiary/aromatic N) is 4. The van der Waals surface area contributed by atoms with Crippen molar-refractivity contribution in [2.24, 2.45) is 16.6 Å². The van der Waals surface area contributed by atoms with Crippen LogP contribution in [0.5, 0.6) is 0 Å². The number of nitrogens with two attached hydrogens (primary N) is 1. The summed E-state index contributed by atoms with van der Waals surface area (Å²) in [5, 5.41) is 6.13.